The van der Waals surface area contributed by atoms with Crippen LogP contribution in [0.2, 0.25) is 0 Å². The van der Waals surface area contributed by atoms with Crippen molar-refractivity contribution in [2.75, 3.05) is 13.2 Å². The Bertz CT molecular complexity index is 1080. The van der Waals surface area contributed by atoms with Crippen LogP contribution in [-0.4, -0.2) is 35.1 Å². The summed E-state index contributed by atoms with van der Waals surface area (Å²) in [5.41, 5.74) is 5.34. The molecule has 31 heavy (non-hydrogen) atoms. The minimum Gasteiger partial charge on any atom is -0.387 e. The van der Waals surface area contributed by atoms with Crippen LogP contribution >= 0.6 is 0 Å². The number of rotatable bonds is 7. The lowest BCUT2D eigenvalue weighted by Crippen LogP contribution is -2.31. The van der Waals surface area contributed by atoms with Gasteiger partial charge in [-0.2, -0.15) is 4.39 Å². The predicted molar refractivity (Wildman–Crippen MR) is 121 cm³/mol. The van der Waals surface area contributed by atoms with Gasteiger partial charge >= 0.3 is 0 Å². The van der Waals surface area contributed by atoms with Crippen LogP contribution in [-0.2, 0) is 17.8 Å². The molecule has 2 aromatic carbocycles. The molecule has 0 fully saturated rings. The lowest BCUT2D eigenvalue weighted by molar-refractivity contribution is -0.123. The maximum atomic E-state index is 13.9. The standard InChI is InChI=1S/C24H22FN3O2.CH4/c25-24-22-10-18(6-7-19(22)13-28-24)20-8-16(11-26-12-20)9-21(14-27-23(30)15-29)17-4-2-1-3-5-17;/h1-8,10-12,21,29H,9,13-15H2,(H,27,30);1H4/t21-;/m0./s1. The minimum atomic E-state index is -0.531. The highest BCUT2D eigenvalue weighted by Gasteiger charge is 2.17. The van der Waals surface area contributed by atoms with Gasteiger partial charge in [-0.3, -0.25) is 14.8 Å². The summed E-state index contributed by atoms with van der Waals surface area (Å²) >= 11 is 0. The monoisotopic (exact) mass is 419 g/mol. The highest BCUT2D eigenvalue weighted by Crippen LogP contribution is 2.28. The topological polar surface area (TPSA) is 74.6 Å². The Hall–Kier alpha value is -3.38. The van der Waals surface area contributed by atoms with Crippen molar-refractivity contribution < 1.29 is 14.3 Å². The van der Waals surface area contributed by atoms with Crippen LogP contribution in [0.15, 0.2) is 72.0 Å². The molecule has 160 valence electrons. The molecule has 3 aromatic rings. The van der Waals surface area contributed by atoms with Crippen LogP contribution < -0.4 is 5.32 Å². The summed E-state index contributed by atoms with van der Waals surface area (Å²) in [6.45, 7) is 0.267. The zero-order valence-electron chi connectivity index (χ0n) is 16.4. The summed E-state index contributed by atoms with van der Waals surface area (Å²) in [6.07, 6.45) is 4.24. The molecule has 2 N–H and O–H groups in total. The quantitative estimate of drug-likeness (QED) is 0.607. The first-order chi connectivity index (χ1) is 14.6. The number of carbonyl (C=O) groups is 1. The van der Waals surface area contributed by atoms with Gasteiger partial charge in [0.2, 0.25) is 11.9 Å². The number of aliphatic hydroxyl groups excluding tert-OH is 1. The van der Waals surface area contributed by atoms with Gasteiger partial charge in [-0.25, -0.2) is 0 Å². The third kappa shape index (κ3) is 5.22. The molecule has 0 unspecified atom stereocenters. The Morgan fingerprint density at radius 3 is 2.68 bits per heavy atom. The molecule has 2 heterocycles. The third-order valence-electron chi connectivity index (χ3n) is 5.29. The number of amides is 1. The van der Waals surface area contributed by atoms with Crippen molar-refractivity contribution in [2.45, 2.75) is 26.3 Å². The van der Waals surface area contributed by atoms with Gasteiger partial charge in [0.15, 0.2) is 0 Å². The smallest absolute Gasteiger partial charge is 0.245 e. The first-order valence-corrected chi connectivity index (χ1v) is 9.84. The van der Waals surface area contributed by atoms with Crippen LogP contribution in [0.4, 0.5) is 4.39 Å². The van der Waals surface area contributed by atoms with Crippen LogP contribution in [0, 0.1) is 0 Å². The van der Waals surface area contributed by atoms with Gasteiger partial charge in [-0.1, -0.05) is 49.9 Å². The lowest BCUT2D eigenvalue weighted by atomic mass is 9.91. The highest BCUT2D eigenvalue weighted by atomic mass is 19.1. The molecule has 4 rings (SSSR count). The average molecular weight is 420 g/mol. The van der Waals surface area contributed by atoms with Gasteiger partial charge in [-0.15, -0.1) is 0 Å². The molecule has 0 spiro atoms. The van der Waals surface area contributed by atoms with Crippen LogP contribution in [0.25, 0.3) is 11.1 Å². The van der Waals surface area contributed by atoms with Gasteiger partial charge in [0.25, 0.3) is 0 Å². The van der Waals surface area contributed by atoms with Crippen molar-refractivity contribution in [2.24, 2.45) is 4.99 Å². The second-order valence-electron chi connectivity index (χ2n) is 7.33. The van der Waals surface area contributed by atoms with E-state index in [1.165, 1.54) is 0 Å². The molecule has 0 radical (unpaired) electrons. The third-order valence-corrected chi connectivity index (χ3v) is 5.29. The number of hydrogen-bond acceptors (Lipinski definition) is 4. The molecule has 1 aliphatic rings. The zero-order chi connectivity index (χ0) is 20.9. The Balaban J connectivity index is 0.00000272. The zero-order valence-corrected chi connectivity index (χ0v) is 16.4. The van der Waals surface area contributed by atoms with E-state index in [9.17, 15) is 9.18 Å². The van der Waals surface area contributed by atoms with E-state index in [-0.39, 0.29) is 13.3 Å². The van der Waals surface area contributed by atoms with Crippen molar-refractivity contribution >= 4 is 11.9 Å². The summed E-state index contributed by atoms with van der Waals surface area (Å²) < 4.78 is 13.9. The van der Waals surface area contributed by atoms with Crippen molar-refractivity contribution in [1.82, 2.24) is 10.3 Å². The number of aliphatic hydroxyl groups is 1. The number of nitrogens with zero attached hydrogens (tertiary/aromatic N) is 2. The van der Waals surface area contributed by atoms with Gasteiger partial charge in [0.1, 0.15) is 6.61 Å². The van der Waals surface area contributed by atoms with E-state index in [2.05, 4.69) is 15.3 Å². The maximum Gasteiger partial charge on any atom is 0.245 e. The minimum absolute atomic E-state index is 0. The lowest BCUT2D eigenvalue weighted by Gasteiger charge is -2.18. The van der Waals surface area contributed by atoms with Gasteiger partial charge in [0, 0.05) is 36.0 Å². The highest BCUT2D eigenvalue weighted by molar-refractivity contribution is 5.98. The molecular formula is C25H26FN3O2. The van der Waals surface area contributed by atoms with Crippen LogP contribution in [0.5, 0.6) is 0 Å². The molecular weight excluding hydrogens is 393 g/mol. The number of aromatic nitrogens is 1. The Morgan fingerprint density at radius 2 is 1.90 bits per heavy atom. The fraction of sp³-hybridized carbons (Fsp3) is 0.240. The van der Waals surface area contributed by atoms with Crippen LogP contribution in [0.3, 0.4) is 0 Å². The number of hydrogen-bond donors (Lipinski definition) is 2. The summed E-state index contributed by atoms with van der Waals surface area (Å²) in [5, 5.41) is 11.8. The van der Waals surface area contributed by atoms with E-state index in [1.54, 1.807) is 6.20 Å². The second-order valence-corrected chi connectivity index (χ2v) is 7.33. The number of benzene rings is 2. The number of nitrogens with one attached hydrogen (secondary N) is 1. The van der Waals surface area contributed by atoms with Crippen molar-refractivity contribution in [3.05, 3.63) is 89.2 Å². The van der Waals surface area contributed by atoms with Gasteiger partial charge < -0.3 is 10.4 Å². The van der Waals surface area contributed by atoms with E-state index in [0.717, 1.165) is 27.8 Å². The summed E-state index contributed by atoms with van der Waals surface area (Å²) in [4.78, 5) is 19.8. The van der Waals surface area contributed by atoms with E-state index in [1.807, 2.05) is 60.8 Å². The number of fused-ring (bicyclic) bond motifs is 1. The predicted octanol–water partition coefficient (Wildman–Crippen LogP) is 4.05. The Labute approximate surface area is 181 Å². The second kappa shape index (κ2) is 10.1. The van der Waals surface area contributed by atoms with E-state index in [4.69, 9.17) is 5.11 Å². The molecule has 5 nitrogen and oxygen atoms in total. The molecule has 0 aliphatic carbocycles. The molecule has 1 aromatic heterocycles. The molecule has 1 aliphatic heterocycles. The molecule has 1 atom stereocenters. The van der Waals surface area contributed by atoms with Crippen molar-refractivity contribution in [1.29, 1.82) is 0 Å². The average Bonchev–Trinajstić information content (AvgIpc) is 3.17. The fourth-order valence-corrected chi connectivity index (χ4v) is 3.69. The maximum absolute atomic E-state index is 13.9. The first-order valence-electron chi connectivity index (χ1n) is 9.84. The van der Waals surface area contributed by atoms with E-state index < -0.39 is 18.5 Å². The summed E-state index contributed by atoms with van der Waals surface area (Å²) in [6, 6.07) is 17.7. The van der Waals surface area contributed by atoms with E-state index >= 15 is 0 Å². The normalized spacial score (nSPS) is 13.0. The molecule has 1 amide bonds. The van der Waals surface area contributed by atoms with Crippen molar-refractivity contribution in [3.8, 4) is 11.1 Å². The van der Waals surface area contributed by atoms with Crippen LogP contribution in [0.1, 0.15) is 35.6 Å². The summed E-state index contributed by atoms with van der Waals surface area (Å²) in [5.74, 6) is -0.785. The Kier molecular flexibility index (Phi) is 7.26. The van der Waals surface area contributed by atoms with E-state index in [0.29, 0.717) is 25.1 Å². The SMILES string of the molecule is C.O=C(CO)NC[C@H](Cc1cncc(-c2ccc3c(c2)C(F)=NC3)c1)c1ccccc1. The molecule has 6 heteroatoms. The summed E-state index contributed by atoms with van der Waals surface area (Å²) in [7, 11) is 0. The van der Waals surface area contributed by atoms with Gasteiger partial charge in [-0.05, 0) is 40.8 Å². The number of pyridine rings is 1. The largest absolute Gasteiger partial charge is 0.387 e. The molecule has 0 saturated carbocycles. The fourth-order valence-electron chi connectivity index (χ4n) is 3.69. The number of carbonyl (C=O) groups excluding carboxylic acids is 1. The molecule has 0 saturated heterocycles. The van der Waals surface area contributed by atoms with Gasteiger partial charge in [0.05, 0.1) is 6.54 Å². The number of aliphatic imine (C=N–C) groups is 1. The Morgan fingerprint density at radius 1 is 1.10 bits per heavy atom. The molecule has 0 bridgehead atoms. The first kappa shape index (κ1) is 22.3. The van der Waals surface area contributed by atoms with Crippen molar-refractivity contribution in [3.63, 3.8) is 0 Å². The number of halogens is 1.